The molecular formula is C20H32ClN3O4. The van der Waals surface area contributed by atoms with Gasteiger partial charge in [0.05, 0.1) is 31.5 Å². The molecule has 1 fully saturated rings. The predicted octanol–water partition coefficient (Wildman–Crippen LogP) is 3.00. The summed E-state index contributed by atoms with van der Waals surface area (Å²) in [5, 5.41) is 7.09. The van der Waals surface area contributed by atoms with E-state index in [9.17, 15) is 0 Å². The molecule has 2 rings (SSSR count). The van der Waals surface area contributed by atoms with Crippen molar-refractivity contribution in [1.82, 2.24) is 10.6 Å². The van der Waals surface area contributed by atoms with Gasteiger partial charge in [-0.1, -0.05) is 11.6 Å². The number of aliphatic imine (C=N–C) groups is 1. The van der Waals surface area contributed by atoms with Crippen molar-refractivity contribution in [3.63, 3.8) is 0 Å². The van der Waals surface area contributed by atoms with Crippen molar-refractivity contribution in [2.45, 2.75) is 38.8 Å². The minimum Gasteiger partial charge on any atom is -0.493 e. The summed E-state index contributed by atoms with van der Waals surface area (Å²) in [5.41, 5.74) is 0.980. The number of rotatable bonds is 11. The van der Waals surface area contributed by atoms with Gasteiger partial charge in [0, 0.05) is 33.4 Å². The van der Waals surface area contributed by atoms with Gasteiger partial charge in [0.1, 0.15) is 0 Å². The van der Waals surface area contributed by atoms with Crippen molar-refractivity contribution in [3.05, 3.63) is 22.7 Å². The molecule has 0 radical (unpaired) electrons. The second-order valence-electron chi connectivity index (χ2n) is 6.46. The molecule has 8 heteroatoms. The Morgan fingerprint density at radius 2 is 2.21 bits per heavy atom. The predicted molar refractivity (Wildman–Crippen MR) is 112 cm³/mol. The molecule has 1 atom stereocenters. The molecule has 0 bridgehead atoms. The summed E-state index contributed by atoms with van der Waals surface area (Å²) >= 11 is 6.32. The van der Waals surface area contributed by atoms with Crippen LogP contribution >= 0.6 is 11.6 Å². The maximum Gasteiger partial charge on any atom is 0.191 e. The van der Waals surface area contributed by atoms with Crippen LogP contribution in [0.2, 0.25) is 5.02 Å². The maximum absolute atomic E-state index is 6.32. The lowest BCUT2D eigenvalue weighted by Crippen LogP contribution is -2.37. The lowest BCUT2D eigenvalue weighted by atomic mass is 10.2. The maximum atomic E-state index is 6.32. The summed E-state index contributed by atoms with van der Waals surface area (Å²) < 4.78 is 22.1. The Balaban J connectivity index is 1.70. The van der Waals surface area contributed by atoms with Crippen LogP contribution < -0.4 is 20.1 Å². The van der Waals surface area contributed by atoms with Crippen LogP contribution in [0.5, 0.6) is 11.5 Å². The molecule has 0 spiro atoms. The van der Waals surface area contributed by atoms with Crippen molar-refractivity contribution in [2.75, 3.05) is 47.1 Å². The van der Waals surface area contributed by atoms with Gasteiger partial charge in [0.15, 0.2) is 17.5 Å². The molecule has 28 heavy (non-hydrogen) atoms. The van der Waals surface area contributed by atoms with Crippen LogP contribution in [0, 0.1) is 0 Å². The highest BCUT2D eigenvalue weighted by Crippen LogP contribution is 2.36. The fourth-order valence-electron chi connectivity index (χ4n) is 2.94. The number of nitrogens with zero attached hydrogens (tertiary/aromatic N) is 1. The van der Waals surface area contributed by atoms with E-state index in [4.69, 9.17) is 30.5 Å². The number of hydrogen-bond donors (Lipinski definition) is 2. The van der Waals surface area contributed by atoms with Crippen LogP contribution in [0.25, 0.3) is 0 Å². The average Bonchev–Trinajstić information content (AvgIpc) is 3.22. The second kappa shape index (κ2) is 12.7. The highest BCUT2D eigenvalue weighted by atomic mass is 35.5. The molecule has 1 aromatic rings. The van der Waals surface area contributed by atoms with Crippen molar-refractivity contribution >= 4 is 17.6 Å². The van der Waals surface area contributed by atoms with Crippen LogP contribution in [-0.2, 0) is 16.0 Å². The Morgan fingerprint density at radius 3 is 2.89 bits per heavy atom. The van der Waals surface area contributed by atoms with E-state index >= 15 is 0 Å². The Kier molecular flexibility index (Phi) is 10.2. The minimum atomic E-state index is 0.278. The SMILES string of the molecule is CCOc1c(Cl)cc(CNC(=NC)NCCCOCC2CCCO2)cc1OC. The standard InChI is InChI=1S/C20H32ClN3O4/c1-4-27-19-17(21)11-15(12-18(19)25-3)13-24-20(22-2)23-8-6-9-26-14-16-7-5-10-28-16/h11-12,16H,4-10,13-14H2,1-3H3,(H2,22,23,24). The first-order valence-corrected chi connectivity index (χ1v) is 10.2. The third kappa shape index (κ3) is 7.37. The lowest BCUT2D eigenvalue weighted by molar-refractivity contribution is 0.0168. The summed E-state index contributed by atoms with van der Waals surface area (Å²) in [4.78, 5) is 4.24. The molecule has 7 nitrogen and oxygen atoms in total. The zero-order valence-electron chi connectivity index (χ0n) is 17.1. The number of methoxy groups -OCH3 is 1. The Labute approximate surface area is 172 Å². The van der Waals surface area contributed by atoms with Crippen LogP contribution in [-0.4, -0.2) is 59.2 Å². The van der Waals surface area contributed by atoms with Gasteiger partial charge >= 0.3 is 0 Å². The zero-order chi connectivity index (χ0) is 20.2. The first kappa shape index (κ1) is 22.6. The highest BCUT2D eigenvalue weighted by Gasteiger charge is 2.15. The number of ether oxygens (including phenoxy) is 4. The molecule has 1 heterocycles. The molecule has 0 amide bonds. The average molecular weight is 414 g/mol. The second-order valence-corrected chi connectivity index (χ2v) is 6.87. The fourth-order valence-corrected chi connectivity index (χ4v) is 3.23. The third-order valence-electron chi connectivity index (χ3n) is 4.35. The van der Waals surface area contributed by atoms with E-state index in [0.717, 1.165) is 43.9 Å². The van der Waals surface area contributed by atoms with E-state index < -0.39 is 0 Å². The van der Waals surface area contributed by atoms with E-state index in [2.05, 4.69) is 15.6 Å². The molecule has 0 saturated carbocycles. The molecule has 1 aromatic carbocycles. The summed E-state index contributed by atoms with van der Waals surface area (Å²) in [7, 11) is 3.35. The minimum absolute atomic E-state index is 0.278. The largest absolute Gasteiger partial charge is 0.493 e. The number of benzene rings is 1. The topological polar surface area (TPSA) is 73.3 Å². The monoisotopic (exact) mass is 413 g/mol. The molecular weight excluding hydrogens is 382 g/mol. The summed E-state index contributed by atoms with van der Waals surface area (Å²) in [5.74, 6) is 1.92. The van der Waals surface area contributed by atoms with Crippen molar-refractivity contribution in [2.24, 2.45) is 4.99 Å². The number of hydrogen-bond acceptors (Lipinski definition) is 5. The highest BCUT2D eigenvalue weighted by molar-refractivity contribution is 6.32. The van der Waals surface area contributed by atoms with E-state index in [0.29, 0.717) is 42.9 Å². The van der Waals surface area contributed by atoms with Crippen molar-refractivity contribution in [1.29, 1.82) is 0 Å². The lowest BCUT2D eigenvalue weighted by Gasteiger charge is -2.15. The molecule has 0 aliphatic carbocycles. The smallest absolute Gasteiger partial charge is 0.191 e. The molecule has 0 aromatic heterocycles. The summed E-state index contributed by atoms with van der Waals surface area (Å²) in [6.45, 7) is 6.04. The van der Waals surface area contributed by atoms with Crippen LogP contribution in [0.1, 0.15) is 31.7 Å². The quantitative estimate of drug-likeness (QED) is 0.330. The first-order valence-electron chi connectivity index (χ1n) is 9.81. The Morgan fingerprint density at radius 1 is 1.36 bits per heavy atom. The van der Waals surface area contributed by atoms with E-state index in [-0.39, 0.29) is 6.10 Å². The van der Waals surface area contributed by atoms with E-state index in [1.54, 1.807) is 14.2 Å². The van der Waals surface area contributed by atoms with Crippen molar-refractivity contribution < 1.29 is 18.9 Å². The van der Waals surface area contributed by atoms with Gasteiger partial charge in [0.2, 0.25) is 0 Å². The summed E-state index contributed by atoms with van der Waals surface area (Å²) in [6.07, 6.45) is 3.43. The van der Waals surface area contributed by atoms with Gasteiger partial charge in [-0.15, -0.1) is 0 Å². The van der Waals surface area contributed by atoms with Gasteiger partial charge in [-0.3, -0.25) is 4.99 Å². The van der Waals surface area contributed by atoms with E-state index in [1.807, 2.05) is 19.1 Å². The van der Waals surface area contributed by atoms with Crippen LogP contribution in [0.15, 0.2) is 17.1 Å². The number of guanidine groups is 1. The van der Waals surface area contributed by atoms with Crippen molar-refractivity contribution in [3.8, 4) is 11.5 Å². The molecule has 158 valence electrons. The molecule has 1 saturated heterocycles. The number of halogens is 1. The Bertz CT molecular complexity index is 622. The third-order valence-corrected chi connectivity index (χ3v) is 4.63. The Hall–Kier alpha value is -1.70. The van der Waals surface area contributed by atoms with Gasteiger partial charge in [0.25, 0.3) is 0 Å². The van der Waals surface area contributed by atoms with Gasteiger partial charge in [-0.2, -0.15) is 0 Å². The van der Waals surface area contributed by atoms with Crippen LogP contribution in [0.3, 0.4) is 0 Å². The van der Waals surface area contributed by atoms with Gasteiger partial charge in [-0.05, 0) is 43.9 Å². The fraction of sp³-hybridized carbons (Fsp3) is 0.650. The summed E-state index contributed by atoms with van der Waals surface area (Å²) in [6, 6.07) is 3.78. The molecule has 1 aliphatic rings. The van der Waals surface area contributed by atoms with Crippen LogP contribution in [0.4, 0.5) is 0 Å². The van der Waals surface area contributed by atoms with E-state index in [1.165, 1.54) is 0 Å². The van der Waals surface area contributed by atoms with Gasteiger partial charge in [-0.25, -0.2) is 0 Å². The number of nitrogens with one attached hydrogen (secondary N) is 2. The normalized spacial score (nSPS) is 16.9. The van der Waals surface area contributed by atoms with Gasteiger partial charge < -0.3 is 29.6 Å². The first-order chi connectivity index (χ1) is 13.7. The zero-order valence-corrected chi connectivity index (χ0v) is 17.8. The molecule has 1 unspecified atom stereocenters. The molecule has 1 aliphatic heterocycles. The molecule has 2 N–H and O–H groups in total.